The van der Waals surface area contributed by atoms with Gasteiger partial charge in [0.2, 0.25) is 0 Å². The minimum atomic E-state index is -2.68. The van der Waals surface area contributed by atoms with Crippen LogP contribution in [-0.4, -0.2) is 34.8 Å². The highest BCUT2D eigenvalue weighted by Crippen LogP contribution is 2.54. The summed E-state index contributed by atoms with van der Waals surface area (Å²) in [5, 5.41) is 14.0. The van der Waals surface area contributed by atoms with E-state index < -0.39 is 17.1 Å². The number of nitrogens with one attached hydrogen (secondary N) is 1. The van der Waals surface area contributed by atoms with Gasteiger partial charge in [0.1, 0.15) is 0 Å². The second-order valence-electron chi connectivity index (χ2n) is 6.23. The molecule has 2 bridgehead atoms. The summed E-state index contributed by atoms with van der Waals surface area (Å²) in [6.45, 7) is 0.865. The SMILES string of the molecule is NC1(C2(O)CCC3CCNC2C3)CC(F)(F)C1. The van der Waals surface area contributed by atoms with E-state index in [0.717, 1.165) is 25.8 Å². The van der Waals surface area contributed by atoms with E-state index in [-0.39, 0.29) is 18.9 Å². The molecule has 98 valence electrons. The van der Waals surface area contributed by atoms with Crippen molar-refractivity contribution in [1.29, 1.82) is 0 Å². The molecular weight excluding hydrogens is 226 g/mol. The molecule has 0 radical (unpaired) electrons. The zero-order valence-electron chi connectivity index (χ0n) is 9.88. The quantitative estimate of drug-likeness (QED) is 0.647. The van der Waals surface area contributed by atoms with Crippen molar-refractivity contribution in [3.05, 3.63) is 0 Å². The van der Waals surface area contributed by atoms with Crippen LogP contribution in [0, 0.1) is 5.92 Å². The first-order chi connectivity index (χ1) is 7.85. The minimum Gasteiger partial charge on any atom is -0.386 e. The van der Waals surface area contributed by atoms with E-state index in [0.29, 0.717) is 12.3 Å². The van der Waals surface area contributed by atoms with Crippen LogP contribution in [0.15, 0.2) is 0 Å². The lowest BCUT2D eigenvalue weighted by atomic mass is 9.55. The Labute approximate surface area is 99.8 Å². The second kappa shape index (κ2) is 3.39. The molecule has 0 aromatic heterocycles. The van der Waals surface area contributed by atoms with E-state index >= 15 is 0 Å². The molecule has 0 spiro atoms. The summed E-state index contributed by atoms with van der Waals surface area (Å²) < 4.78 is 26.1. The first kappa shape index (κ1) is 11.8. The van der Waals surface area contributed by atoms with E-state index in [1.54, 1.807) is 0 Å². The van der Waals surface area contributed by atoms with Crippen molar-refractivity contribution >= 4 is 0 Å². The predicted octanol–water partition coefficient (Wildman–Crippen LogP) is 1.01. The van der Waals surface area contributed by atoms with Crippen LogP contribution in [0.25, 0.3) is 0 Å². The Bertz CT molecular complexity index is 328. The van der Waals surface area contributed by atoms with Gasteiger partial charge in [0.05, 0.1) is 11.1 Å². The highest BCUT2D eigenvalue weighted by atomic mass is 19.3. The van der Waals surface area contributed by atoms with Crippen LogP contribution >= 0.6 is 0 Å². The molecule has 3 atom stereocenters. The van der Waals surface area contributed by atoms with Crippen LogP contribution in [0.1, 0.15) is 38.5 Å². The molecule has 0 aromatic rings. The first-order valence-electron chi connectivity index (χ1n) is 6.47. The number of hydrogen-bond acceptors (Lipinski definition) is 3. The van der Waals surface area contributed by atoms with Crippen LogP contribution in [0.4, 0.5) is 8.78 Å². The zero-order valence-corrected chi connectivity index (χ0v) is 9.88. The molecule has 4 N–H and O–H groups in total. The number of rotatable bonds is 1. The van der Waals surface area contributed by atoms with Gasteiger partial charge in [-0.3, -0.25) is 0 Å². The van der Waals surface area contributed by atoms with Gasteiger partial charge < -0.3 is 16.2 Å². The number of halogens is 2. The maximum Gasteiger partial charge on any atom is 0.251 e. The number of piperidine rings is 1. The van der Waals surface area contributed by atoms with Crippen molar-refractivity contribution in [2.75, 3.05) is 6.54 Å². The third kappa shape index (κ3) is 1.63. The van der Waals surface area contributed by atoms with E-state index in [1.165, 1.54) is 0 Å². The highest BCUT2D eigenvalue weighted by Gasteiger charge is 2.66. The van der Waals surface area contributed by atoms with Gasteiger partial charge in [-0.25, -0.2) is 8.78 Å². The second-order valence-corrected chi connectivity index (χ2v) is 6.23. The van der Waals surface area contributed by atoms with Crippen LogP contribution in [-0.2, 0) is 0 Å². The van der Waals surface area contributed by atoms with E-state index in [4.69, 9.17) is 5.73 Å². The van der Waals surface area contributed by atoms with E-state index in [1.807, 2.05) is 0 Å². The molecule has 1 aliphatic heterocycles. The van der Waals surface area contributed by atoms with Crippen molar-refractivity contribution in [2.45, 2.75) is 61.6 Å². The van der Waals surface area contributed by atoms with Crippen molar-refractivity contribution in [3.8, 4) is 0 Å². The fourth-order valence-electron chi connectivity index (χ4n) is 3.99. The molecule has 2 saturated carbocycles. The van der Waals surface area contributed by atoms with E-state index in [9.17, 15) is 13.9 Å². The number of fused-ring (bicyclic) bond motifs is 2. The summed E-state index contributed by atoms with van der Waals surface area (Å²) in [7, 11) is 0. The summed E-state index contributed by atoms with van der Waals surface area (Å²) in [5.74, 6) is -2.05. The fourth-order valence-corrected chi connectivity index (χ4v) is 3.99. The third-order valence-electron chi connectivity index (χ3n) is 5.03. The Morgan fingerprint density at radius 3 is 2.59 bits per heavy atom. The molecule has 17 heavy (non-hydrogen) atoms. The maximum atomic E-state index is 13.1. The Balaban J connectivity index is 1.81. The monoisotopic (exact) mass is 246 g/mol. The molecule has 5 heteroatoms. The Morgan fingerprint density at radius 1 is 1.24 bits per heavy atom. The van der Waals surface area contributed by atoms with Gasteiger partial charge >= 0.3 is 0 Å². The molecule has 3 rings (SSSR count). The Kier molecular flexibility index (Phi) is 2.36. The van der Waals surface area contributed by atoms with Gasteiger partial charge in [-0.05, 0) is 38.1 Å². The molecular formula is C12H20F2N2O. The lowest BCUT2D eigenvalue weighted by molar-refractivity contribution is -0.213. The minimum absolute atomic E-state index is 0.101. The standard InChI is InChI=1S/C12H20F2N2O/c13-11(14)6-10(15,7-11)12(17)3-1-8-2-4-16-9(12)5-8/h8-9,16-17H,1-7,15H2. The van der Waals surface area contributed by atoms with Gasteiger partial charge in [-0.2, -0.15) is 0 Å². The smallest absolute Gasteiger partial charge is 0.251 e. The van der Waals surface area contributed by atoms with Gasteiger partial charge in [0.15, 0.2) is 0 Å². The van der Waals surface area contributed by atoms with Crippen LogP contribution in [0.5, 0.6) is 0 Å². The van der Waals surface area contributed by atoms with Gasteiger partial charge in [-0.15, -0.1) is 0 Å². The number of nitrogens with two attached hydrogens (primary N) is 1. The number of alkyl halides is 2. The molecule has 1 saturated heterocycles. The summed E-state index contributed by atoms with van der Waals surface area (Å²) >= 11 is 0. The van der Waals surface area contributed by atoms with Gasteiger partial charge in [0, 0.05) is 18.9 Å². The van der Waals surface area contributed by atoms with Crippen LogP contribution in [0.3, 0.4) is 0 Å². The lowest BCUT2D eigenvalue weighted by Crippen LogP contribution is -2.78. The number of hydrogen-bond donors (Lipinski definition) is 3. The van der Waals surface area contributed by atoms with Gasteiger partial charge in [0.25, 0.3) is 5.92 Å². The van der Waals surface area contributed by atoms with Gasteiger partial charge in [-0.1, -0.05) is 0 Å². The zero-order chi connectivity index (χ0) is 12.3. The predicted molar refractivity (Wildman–Crippen MR) is 59.8 cm³/mol. The summed E-state index contributed by atoms with van der Waals surface area (Å²) in [6.07, 6.45) is 2.72. The molecule has 1 heterocycles. The Hall–Kier alpha value is -0.260. The van der Waals surface area contributed by atoms with E-state index in [2.05, 4.69) is 5.32 Å². The summed E-state index contributed by atoms with van der Waals surface area (Å²) in [5.41, 5.74) is 3.81. The number of aliphatic hydroxyl groups is 1. The van der Waals surface area contributed by atoms with Crippen LogP contribution in [0.2, 0.25) is 0 Å². The maximum absolute atomic E-state index is 13.1. The molecule has 0 aromatic carbocycles. The average molecular weight is 246 g/mol. The topological polar surface area (TPSA) is 58.3 Å². The third-order valence-corrected chi connectivity index (χ3v) is 5.03. The van der Waals surface area contributed by atoms with Crippen molar-refractivity contribution in [2.24, 2.45) is 11.7 Å². The molecule has 3 fully saturated rings. The molecule has 0 amide bonds. The largest absolute Gasteiger partial charge is 0.386 e. The first-order valence-corrected chi connectivity index (χ1v) is 6.47. The molecule has 3 nitrogen and oxygen atoms in total. The molecule has 2 aliphatic carbocycles. The van der Waals surface area contributed by atoms with Crippen molar-refractivity contribution in [1.82, 2.24) is 5.32 Å². The lowest BCUT2D eigenvalue weighted by Gasteiger charge is -2.60. The average Bonchev–Trinajstić information content (AvgIpc) is 2.22. The summed E-state index contributed by atoms with van der Waals surface area (Å²) in [4.78, 5) is 0. The van der Waals surface area contributed by atoms with Crippen molar-refractivity contribution in [3.63, 3.8) is 0 Å². The van der Waals surface area contributed by atoms with Crippen LogP contribution < -0.4 is 11.1 Å². The fraction of sp³-hybridized carbons (Fsp3) is 1.00. The Morgan fingerprint density at radius 2 is 1.94 bits per heavy atom. The van der Waals surface area contributed by atoms with Crippen molar-refractivity contribution < 1.29 is 13.9 Å². The normalized spacial score (nSPS) is 47.3. The highest BCUT2D eigenvalue weighted by molar-refractivity contribution is 5.20. The summed E-state index contributed by atoms with van der Waals surface area (Å²) in [6, 6.07) is -0.101. The molecule has 3 unspecified atom stereocenters. The molecule has 3 aliphatic rings.